The summed E-state index contributed by atoms with van der Waals surface area (Å²) in [5, 5.41) is 2.43. The minimum atomic E-state index is 0.441. The average Bonchev–Trinajstić information content (AvgIpc) is 2.57. The summed E-state index contributed by atoms with van der Waals surface area (Å²) in [6, 6.07) is 5.40. The first kappa shape index (κ1) is 10.8. The Kier molecular flexibility index (Phi) is 3.26. The minimum absolute atomic E-state index is 0.441. The molecule has 0 radical (unpaired) electrons. The van der Waals surface area contributed by atoms with E-state index >= 15 is 0 Å². The average molecular weight is 239 g/mol. The smallest absolute Gasteiger partial charge is 0.144 e. The predicted octanol–water partition coefficient (Wildman–Crippen LogP) is 1.69. The summed E-state index contributed by atoms with van der Waals surface area (Å²) in [5.41, 5.74) is 3.80. The predicted molar refractivity (Wildman–Crippen MR) is 65.5 cm³/mol. The number of hydrazine groups is 1. The number of halogens is 1. The summed E-state index contributed by atoms with van der Waals surface area (Å²) < 4.78 is 5.26. The molecule has 0 saturated carbocycles. The van der Waals surface area contributed by atoms with Gasteiger partial charge in [-0.2, -0.15) is 0 Å². The van der Waals surface area contributed by atoms with Gasteiger partial charge in [0.25, 0.3) is 0 Å². The number of hydrogen-bond donors (Lipinski definition) is 1. The Labute approximate surface area is 98.4 Å². The van der Waals surface area contributed by atoms with Crippen LogP contribution in [-0.4, -0.2) is 26.5 Å². The Morgan fingerprint density at radius 3 is 3.19 bits per heavy atom. The molecule has 1 heterocycles. The Morgan fingerprint density at radius 2 is 2.38 bits per heavy atom. The Balaban J connectivity index is 2.33. The fourth-order valence-electron chi connectivity index (χ4n) is 1.36. The standard InChI is InChI=1S/C10H11ClN4O/c1-16-10-3-2-8(11)4-9(10)15-7-13-5-12-6-14-15/h2-6H,7H2,1H3,(H,12,13,14). The molecule has 16 heavy (non-hydrogen) atoms. The van der Waals surface area contributed by atoms with Crippen LogP contribution in [0, 0.1) is 0 Å². The van der Waals surface area contributed by atoms with Gasteiger partial charge in [-0.05, 0) is 18.2 Å². The van der Waals surface area contributed by atoms with Crippen LogP contribution in [0.5, 0.6) is 5.75 Å². The maximum atomic E-state index is 5.95. The largest absolute Gasteiger partial charge is 0.495 e. The van der Waals surface area contributed by atoms with Crippen LogP contribution < -0.4 is 15.2 Å². The summed E-state index contributed by atoms with van der Waals surface area (Å²) in [7, 11) is 1.61. The summed E-state index contributed by atoms with van der Waals surface area (Å²) in [6.07, 6.45) is 3.04. The number of ether oxygens (including phenoxy) is 1. The highest BCUT2D eigenvalue weighted by molar-refractivity contribution is 6.30. The molecule has 0 bridgehead atoms. The van der Waals surface area contributed by atoms with Crippen LogP contribution in [0.25, 0.3) is 0 Å². The number of benzene rings is 1. The topological polar surface area (TPSA) is 49.2 Å². The Morgan fingerprint density at radius 1 is 1.50 bits per heavy atom. The molecule has 1 N–H and O–H groups in total. The molecule has 0 unspecified atom stereocenters. The molecule has 1 aliphatic rings. The van der Waals surface area contributed by atoms with Crippen molar-refractivity contribution in [1.82, 2.24) is 5.43 Å². The third-order valence-corrected chi connectivity index (χ3v) is 2.33. The lowest BCUT2D eigenvalue weighted by atomic mass is 10.3. The maximum Gasteiger partial charge on any atom is 0.144 e. The van der Waals surface area contributed by atoms with Crippen LogP contribution in [0.3, 0.4) is 0 Å². The molecule has 84 valence electrons. The highest BCUT2D eigenvalue weighted by Crippen LogP contribution is 2.30. The van der Waals surface area contributed by atoms with Gasteiger partial charge in [0.05, 0.1) is 7.11 Å². The van der Waals surface area contributed by atoms with Gasteiger partial charge in [0.1, 0.15) is 30.8 Å². The lowest BCUT2D eigenvalue weighted by Crippen LogP contribution is -2.36. The normalized spacial score (nSPS) is 14.5. The molecule has 0 saturated heterocycles. The van der Waals surface area contributed by atoms with Crippen LogP contribution in [0.1, 0.15) is 0 Å². The van der Waals surface area contributed by atoms with Gasteiger partial charge >= 0.3 is 0 Å². The Bertz CT molecular complexity index is 419. The van der Waals surface area contributed by atoms with Crippen LogP contribution in [0.2, 0.25) is 5.02 Å². The SMILES string of the molecule is COc1ccc(Cl)cc1N1CN=CN=CN1. The molecule has 1 aromatic carbocycles. The number of rotatable bonds is 2. The van der Waals surface area contributed by atoms with Crippen LogP contribution in [0.15, 0.2) is 28.2 Å². The van der Waals surface area contributed by atoms with E-state index in [9.17, 15) is 0 Å². The van der Waals surface area contributed by atoms with Gasteiger partial charge in [0.15, 0.2) is 0 Å². The second-order valence-corrected chi connectivity index (χ2v) is 3.53. The van der Waals surface area contributed by atoms with Crippen molar-refractivity contribution < 1.29 is 4.74 Å². The summed E-state index contributed by atoms with van der Waals surface area (Å²) in [6.45, 7) is 0.441. The van der Waals surface area contributed by atoms with E-state index in [1.54, 1.807) is 24.5 Å². The molecule has 1 aliphatic heterocycles. The van der Waals surface area contributed by atoms with Crippen molar-refractivity contribution in [2.24, 2.45) is 9.98 Å². The second kappa shape index (κ2) is 4.85. The molecule has 6 heteroatoms. The van der Waals surface area contributed by atoms with Crippen molar-refractivity contribution in [3.63, 3.8) is 0 Å². The van der Waals surface area contributed by atoms with E-state index in [4.69, 9.17) is 16.3 Å². The lowest BCUT2D eigenvalue weighted by Gasteiger charge is -2.22. The van der Waals surface area contributed by atoms with Crippen LogP contribution >= 0.6 is 11.6 Å². The van der Waals surface area contributed by atoms with E-state index in [0.29, 0.717) is 11.7 Å². The minimum Gasteiger partial charge on any atom is -0.495 e. The van der Waals surface area contributed by atoms with E-state index in [1.807, 2.05) is 12.1 Å². The second-order valence-electron chi connectivity index (χ2n) is 3.09. The molecule has 0 atom stereocenters. The molecule has 1 aromatic rings. The van der Waals surface area contributed by atoms with Gasteiger partial charge < -0.3 is 4.74 Å². The Hall–Kier alpha value is -1.75. The van der Waals surface area contributed by atoms with E-state index < -0.39 is 0 Å². The zero-order valence-corrected chi connectivity index (χ0v) is 9.48. The van der Waals surface area contributed by atoms with Crippen molar-refractivity contribution >= 4 is 30.0 Å². The molecule has 0 spiro atoms. The van der Waals surface area contributed by atoms with E-state index in [1.165, 1.54) is 6.34 Å². The monoisotopic (exact) mass is 238 g/mol. The molecule has 0 aliphatic carbocycles. The first-order valence-electron chi connectivity index (χ1n) is 4.68. The zero-order chi connectivity index (χ0) is 11.4. The van der Waals surface area contributed by atoms with E-state index in [0.717, 1.165) is 11.4 Å². The molecular formula is C10H11ClN4O. The van der Waals surface area contributed by atoms with Gasteiger partial charge in [-0.1, -0.05) is 11.6 Å². The molecule has 2 rings (SSSR count). The van der Waals surface area contributed by atoms with Gasteiger partial charge in [-0.3, -0.25) is 15.4 Å². The molecule has 0 amide bonds. The third kappa shape index (κ3) is 2.25. The highest BCUT2D eigenvalue weighted by atomic mass is 35.5. The number of nitrogens with zero attached hydrogens (tertiary/aromatic N) is 3. The van der Waals surface area contributed by atoms with E-state index in [-0.39, 0.29) is 0 Å². The van der Waals surface area contributed by atoms with E-state index in [2.05, 4.69) is 15.4 Å². The zero-order valence-electron chi connectivity index (χ0n) is 8.72. The number of hydrogen-bond acceptors (Lipinski definition) is 5. The molecule has 5 nitrogen and oxygen atoms in total. The number of methoxy groups -OCH3 is 1. The highest BCUT2D eigenvalue weighted by Gasteiger charge is 2.11. The van der Waals surface area contributed by atoms with Crippen molar-refractivity contribution in [3.8, 4) is 5.75 Å². The third-order valence-electron chi connectivity index (χ3n) is 2.09. The van der Waals surface area contributed by atoms with Gasteiger partial charge in [0.2, 0.25) is 0 Å². The van der Waals surface area contributed by atoms with Gasteiger partial charge in [-0.25, -0.2) is 4.99 Å². The fraction of sp³-hybridized carbons (Fsp3) is 0.200. The van der Waals surface area contributed by atoms with Crippen LogP contribution in [-0.2, 0) is 0 Å². The van der Waals surface area contributed by atoms with Crippen molar-refractivity contribution in [1.29, 1.82) is 0 Å². The van der Waals surface area contributed by atoms with Gasteiger partial charge in [0, 0.05) is 5.02 Å². The first-order valence-corrected chi connectivity index (χ1v) is 5.06. The lowest BCUT2D eigenvalue weighted by molar-refractivity contribution is 0.414. The quantitative estimate of drug-likeness (QED) is 0.853. The number of nitrogens with one attached hydrogen (secondary N) is 1. The molecular weight excluding hydrogens is 228 g/mol. The molecule has 0 aromatic heterocycles. The summed E-state index contributed by atoms with van der Waals surface area (Å²) in [5.74, 6) is 0.724. The van der Waals surface area contributed by atoms with Crippen molar-refractivity contribution in [2.75, 3.05) is 18.8 Å². The molecule has 0 fully saturated rings. The fourth-order valence-corrected chi connectivity index (χ4v) is 1.53. The van der Waals surface area contributed by atoms with Crippen molar-refractivity contribution in [2.45, 2.75) is 0 Å². The summed E-state index contributed by atoms with van der Waals surface area (Å²) in [4.78, 5) is 7.96. The summed E-state index contributed by atoms with van der Waals surface area (Å²) >= 11 is 5.95. The van der Waals surface area contributed by atoms with Gasteiger partial charge in [-0.15, -0.1) is 0 Å². The number of aliphatic imine (C=N–C) groups is 2. The van der Waals surface area contributed by atoms with Crippen LogP contribution in [0.4, 0.5) is 5.69 Å². The maximum absolute atomic E-state index is 5.95. The first-order chi connectivity index (χ1) is 7.81. The number of anilines is 1. The van der Waals surface area contributed by atoms with Crippen molar-refractivity contribution in [3.05, 3.63) is 23.2 Å².